The fourth-order valence-corrected chi connectivity index (χ4v) is 14.3. The van der Waals surface area contributed by atoms with Gasteiger partial charge in [0.15, 0.2) is 12.2 Å². The Labute approximate surface area is 619 Å². The molecule has 0 radical (unpaired) electrons. The van der Waals surface area contributed by atoms with Crippen molar-refractivity contribution in [1.82, 2.24) is 0 Å². The largest absolute Gasteiger partial charge is 0.472 e. The Balaban J connectivity index is 5.21. The molecule has 0 rings (SSSR count). The Morgan fingerprint density at radius 2 is 0.475 bits per heavy atom. The molecule has 0 aromatic rings. The predicted molar refractivity (Wildman–Crippen MR) is 414 cm³/mol. The van der Waals surface area contributed by atoms with Gasteiger partial charge in [-0.15, -0.1) is 0 Å². The lowest BCUT2D eigenvalue weighted by Crippen LogP contribution is -2.30. The molecule has 0 amide bonds. The van der Waals surface area contributed by atoms with Crippen molar-refractivity contribution in [2.24, 2.45) is 5.92 Å². The molecule has 0 fully saturated rings. The van der Waals surface area contributed by atoms with Gasteiger partial charge in [-0.1, -0.05) is 388 Å². The maximum atomic E-state index is 13.1. The van der Waals surface area contributed by atoms with E-state index in [1.54, 1.807) is 0 Å². The average Bonchev–Trinajstić information content (AvgIpc) is 0.938. The molecule has 17 nitrogen and oxygen atoms in total. The van der Waals surface area contributed by atoms with Gasteiger partial charge in [0.25, 0.3) is 0 Å². The summed E-state index contributed by atoms with van der Waals surface area (Å²) in [5.74, 6) is -1.30. The topological polar surface area (TPSA) is 237 Å². The van der Waals surface area contributed by atoms with Gasteiger partial charge in [-0.2, -0.15) is 0 Å². The first-order valence-corrected chi connectivity index (χ1v) is 45.7. The Morgan fingerprint density at radius 1 is 0.277 bits per heavy atom. The van der Waals surface area contributed by atoms with Crippen molar-refractivity contribution >= 4 is 39.5 Å². The van der Waals surface area contributed by atoms with Crippen LogP contribution in [0.15, 0.2) is 0 Å². The molecule has 0 heterocycles. The highest BCUT2D eigenvalue weighted by Gasteiger charge is 2.30. The molecule has 3 N–H and O–H groups in total. The Morgan fingerprint density at radius 3 is 0.703 bits per heavy atom. The number of aliphatic hydroxyl groups is 1. The number of unbranched alkanes of at least 4 members (excludes halogenated alkanes) is 53. The highest BCUT2D eigenvalue weighted by atomic mass is 31.2. The van der Waals surface area contributed by atoms with Crippen LogP contribution in [0.5, 0.6) is 0 Å². The Kier molecular flexibility index (Phi) is 73.5. The number of rotatable bonds is 82. The lowest BCUT2D eigenvalue weighted by molar-refractivity contribution is -0.161. The molecule has 0 bridgehead atoms. The van der Waals surface area contributed by atoms with Gasteiger partial charge >= 0.3 is 39.5 Å². The van der Waals surface area contributed by atoms with E-state index >= 15 is 0 Å². The van der Waals surface area contributed by atoms with Crippen LogP contribution in [-0.4, -0.2) is 96.7 Å². The van der Waals surface area contributed by atoms with Crippen LogP contribution in [0.3, 0.4) is 0 Å². The van der Waals surface area contributed by atoms with Gasteiger partial charge < -0.3 is 33.8 Å². The van der Waals surface area contributed by atoms with E-state index in [0.29, 0.717) is 25.7 Å². The SMILES string of the molecule is CCCCCCCCCCCCCCCCCCCCCCCCC(=O)O[C@H](COC(=O)CCCCCCCCCCCCC(C)CC)COP(=O)(O)OC[C@@H](O)COP(=O)(O)OC[C@@H](COC(=O)CCCCCCCCCCCCC)OC(=O)CCCCCCCCCCCCCCCC. The fraction of sp³-hybridized carbons (Fsp3) is 0.951. The van der Waals surface area contributed by atoms with Crippen LogP contribution < -0.4 is 0 Å². The number of esters is 4. The summed E-state index contributed by atoms with van der Waals surface area (Å²) in [6.07, 6.45) is 66.5. The van der Waals surface area contributed by atoms with Crippen LogP contribution in [0, 0.1) is 5.92 Å². The molecule has 101 heavy (non-hydrogen) atoms. The third-order valence-corrected chi connectivity index (χ3v) is 21.5. The number of carbonyl (C=O) groups is 4. The van der Waals surface area contributed by atoms with Crippen molar-refractivity contribution in [1.29, 1.82) is 0 Å². The molecule has 0 saturated carbocycles. The molecule has 0 aliphatic heterocycles. The minimum Gasteiger partial charge on any atom is -0.462 e. The van der Waals surface area contributed by atoms with Gasteiger partial charge in [-0.25, -0.2) is 9.13 Å². The van der Waals surface area contributed by atoms with Crippen molar-refractivity contribution in [3.8, 4) is 0 Å². The van der Waals surface area contributed by atoms with Gasteiger partial charge in [0, 0.05) is 25.7 Å². The molecule has 0 saturated heterocycles. The standard InChI is InChI=1S/C82H160O17P2/c1-6-10-13-16-19-22-25-27-29-30-31-32-33-34-35-36-38-41-48-53-58-63-68-82(87)99-78(72-93-80(85)66-61-56-51-46-43-42-44-49-54-59-64-75(5)9-4)74-97-101(90,91)95-70-76(83)69-94-100(88,89)96-73-77(71-92-79(84)65-60-55-50-45-39-24-21-18-15-12-8-3)98-81(86)67-62-57-52-47-40-37-28-26-23-20-17-14-11-7-2/h75-78,83H,6-74H2,1-5H3,(H,88,89)(H,90,91)/t75?,76-,77+,78+/m0/s1. The summed E-state index contributed by atoms with van der Waals surface area (Å²) in [5, 5.41) is 10.6. The molecule has 3 unspecified atom stereocenters. The first-order chi connectivity index (χ1) is 49.1. The number of aliphatic hydroxyl groups excluding tert-OH is 1. The average molecular weight is 1480 g/mol. The number of phosphoric acid groups is 2. The van der Waals surface area contributed by atoms with E-state index in [4.69, 9.17) is 37.0 Å². The summed E-state index contributed by atoms with van der Waals surface area (Å²) in [7, 11) is -9.92. The van der Waals surface area contributed by atoms with Crippen molar-refractivity contribution in [3.05, 3.63) is 0 Å². The van der Waals surface area contributed by atoms with E-state index < -0.39 is 97.5 Å². The number of ether oxygens (including phenoxy) is 4. The van der Waals surface area contributed by atoms with E-state index in [2.05, 4.69) is 34.6 Å². The van der Waals surface area contributed by atoms with Crippen LogP contribution in [-0.2, 0) is 65.4 Å². The van der Waals surface area contributed by atoms with Gasteiger partial charge in [0.2, 0.25) is 0 Å². The van der Waals surface area contributed by atoms with Gasteiger partial charge in [0.05, 0.1) is 26.4 Å². The molecule has 19 heteroatoms. The second kappa shape index (κ2) is 74.9. The highest BCUT2D eigenvalue weighted by Crippen LogP contribution is 2.45. The van der Waals surface area contributed by atoms with E-state index in [-0.39, 0.29) is 25.7 Å². The Bertz CT molecular complexity index is 1930. The van der Waals surface area contributed by atoms with Crippen molar-refractivity contribution in [3.63, 3.8) is 0 Å². The fourth-order valence-electron chi connectivity index (χ4n) is 12.7. The number of hydrogen-bond donors (Lipinski definition) is 3. The molecule has 0 aromatic carbocycles. The number of hydrogen-bond acceptors (Lipinski definition) is 15. The van der Waals surface area contributed by atoms with Crippen molar-refractivity contribution < 1.29 is 80.2 Å². The van der Waals surface area contributed by atoms with Crippen LogP contribution in [0.2, 0.25) is 0 Å². The zero-order chi connectivity index (χ0) is 74.1. The molecule has 0 aromatic heterocycles. The first-order valence-electron chi connectivity index (χ1n) is 42.7. The van der Waals surface area contributed by atoms with Crippen LogP contribution in [0.25, 0.3) is 0 Å². The molecule has 600 valence electrons. The summed E-state index contributed by atoms with van der Waals surface area (Å²) in [4.78, 5) is 73.0. The predicted octanol–water partition coefficient (Wildman–Crippen LogP) is 24.8. The molecular weight excluding hydrogens is 1320 g/mol. The minimum absolute atomic E-state index is 0.108. The van der Waals surface area contributed by atoms with Gasteiger partial charge in [-0.05, 0) is 31.6 Å². The molecule has 0 aliphatic rings. The van der Waals surface area contributed by atoms with E-state index in [1.807, 2.05) is 0 Å². The summed E-state index contributed by atoms with van der Waals surface area (Å²) < 4.78 is 68.7. The molecule has 0 spiro atoms. The highest BCUT2D eigenvalue weighted by molar-refractivity contribution is 7.47. The van der Waals surface area contributed by atoms with E-state index in [9.17, 15) is 43.2 Å². The Hall–Kier alpha value is -1.94. The third kappa shape index (κ3) is 74.7. The smallest absolute Gasteiger partial charge is 0.462 e. The summed E-state index contributed by atoms with van der Waals surface area (Å²) in [6, 6.07) is 0. The summed E-state index contributed by atoms with van der Waals surface area (Å²) in [5.41, 5.74) is 0. The van der Waals surface area contributed by atoms with Crippen LogP contribution >= 0.6 is 15.6 Å². The second-order valence-electron chi connectivity index (χ2n) is 29.8. The molecular formula is C82H160O17P2. The van der Waals surface area contributed by atoms with Crippen molar-refractivity contribution in [2.75, 3.05) is 39.6 Å². The summed E-state index contributed by atoms with van der Waals surface area (Å²) >= 11 is 0. The van der Waals surface area contributed by atoms with Crippen molar-refractivity contribution in [2.45, 2.75) is 457 Å². The van der Waals surface area contributed by atoms with Crippen LogP contribution in [0.1, 0.15) is 439 Å². The first kappa shape index (κ1) is 99.1. The van der Waals surface area contributed by atoms with Crippen LogP contribution in [0.4, 0.5) is 0 Å². The third-order valence-electron chi connectivity index (χ3n) is 19.6. The normalized spacial score (nSPS) is 14.1. The maximum absolute atomic E-state index is 13.1. The zero-order valence-electron chi connectivity index (χ0n) is 66.1. The molecule has 0 aliphatic carbocycles. The second-order valence-corrected chi connectivity index (χ2v) is 32.7. The van der Waals surface area contributed by atoms with Gasteiger partial charge in [-0.3, -0.25) is 37.3 Å². The van der Waals surface area contributed by atoms with E-state index in [0.717, 1.165) is 95.8 Å². The summed E-state index contributed by atoms with van der Waals surface area (Å²) in [6.45, 7) is 7.36. The monoisotopic (exact) mass is 1480 g/mol. The quantitative estimate of drug-likeness (QED) is 0.0222. The lowest BCUT2D eigenvalue weighted by atomic mass is 9.99. The minimum atomic E-state index is -4.96. The maximum Gasteiger partial charge on any atom is 0.472 e. The molecule has 6 atom stereocenters. The lowest BCUT2D eigenvalue weighted by Gasteiger charge is -2.21. The van der Waals surface area contributed by atoms with Gasteiger partial charge in [0.1, 0.15) is 19.3 Å². The zero-order valence-corrected chi connectivity index (χ0v) is 67.8. The van der Waals surface area contributed by atoms with E-state index in [1.165, 1.54) is 263 Å². The number of phosphoric ester groups is 2. The number of carbonyl (C=O) groups excluding carboxylic acids is 4.